The molecule has 0 bridgehead atoms. The molecule has 4 heavy (non-hydrogen) atoms. The Morgan fingerprint density at radius 2 is 2.50 bits per heavy atom. The lowest BCUT2D eigenvalue weighted by atomic mass is 12.7. The van der Waals surface area contributed by atoms with Crippen LogP contribution in [0.4, 0.5) is 0 Å². The minimum atomic E-state index is 0. The summed E-state index contributed by atoms with van der Waals surface area (Å²) in [5.74, 6) is 4.24. The summed E-state index contributed by atoms with van der Waals surface area (Å²) < 4.78 is 0. The standard InChI is InChI=1S/H2N4/c1-3-4-2/h1H2/p+1. The van der Waals surface area contributed by atoms with Crippen molar-refractivity contribution in [2.75, 3.05) is 0 Å². The predicted octanol–water partition coefficient (Wildman–Crippen LogP) is 0.283. The maximum absolute atomic E-state index is 7.21. The lowest BCUT2D eigenvalue weighted by Gasteiger charge is -1.44. The number of hydrogen-bond acceptors (Lipinski definition) is 1. The minimum Gasteiger partial charge on any atom is -0.274 e. The zero-order valence-corrected chi connectivity index (χ0v) is 1.92. The maximum Gasteiger partial charge on any atom is 1.00 e. The highest BCUT2D eigenvalue weighted by atomic mass is 15.3. The van der Waals surface area contributed by atoms with Gasteiger partial charge in [0.25, 0.3) is 0 Å². The Balaban J connectivity index is 0. The van der Waals surface area contributed by atoms with Crippen LogP contribution in [0.1, 0.15) is 1.43 Å². The van der Waals surface area contributed by atoms with E-state index in [0.29, 0.717) is 0 Å². The molecular weight excluding hydrogens is 56.0 g/mol. The molecule has 0 aromatic carbocycles. The first-order valence-corrected chi connectivity index (χ1v) is 0.658. The van der Waals surface area contributed by atoms with Crippen LogP contribution in [-0.4, -0.2) is 0 Å². The Hall–Kier alpha value is -0.890. The highest BCUT2D eigenvalue weighted by molar-refractivity contribution is 4.28. The average molecular weight is 59.1 g/mol. The van der Waals surface area contributed by atoms with Crippen molar-refractivity contribution >= 4 is 0 Å². The molecule has 22 valence electrons. The van der Waals surface area contributed by atoms with Crippen molar-refractivity contribution < 1.29 is 1.43 Å². The maximum atomic E-state index is 7.21. The summed E-state index contributed by atoms with van der Waals surface area (Å²) in [4.78, 5) is 2.14. The third kappa shape index (κ3) is 1.11. The van der Waals surface area contributed by atoms with E-state index in [1.54, 1.807) is 0 Å². The van der Waals surface area contributed by atoms with E-state index in [1.807, 2.05) is 0 Å². The van der Waals surface area contributed by atoms with Crippen LogP contribution in [0.2, 0.25) is 0 Å². The topological polar surface area (TPSA) is 74.8 Å². The van der Waals surface area contributed by atoms with Crippen LogP contribution >= 0.6 is 0 Å². The highest BCUT2D eigenvalue weighted by Crippen LogP contribution is 1.38. The molecule has 0 rings (SSSR count). The first kappa shape index (κ1) is 3.11. The van der Waals surface area contributed by atoms with Gasteiger partial charge >= 0.3 is 1.43 Å². The molecule has 0 saturated heterocycles. The minimum absolute atomic E-state index is 0. The quantitative estimate of drug-likeness (QED) is 0.140. The van der Waals surface area contributed by atoms with Crippen molar-refractivity contribution in [3.8, 4) is 0 Å². The number of azide groups is 1. The summed E-state index contributed by atoms with van der Waals surface area (Å²) in [6, 6.07) is 0. The first-order chi connectivity index (χ1) is 1.91. The third-order valence-corrected chi connectivity index (χ3v) is 0.0516. The van der Waals surface area contributed by atoms with Gasteiger partial charge < -0.3 is 0 Å². The predicted molar refractivity (Wildman–Crippen MR) is 14.4 cm³/mol. The largest absolute Gasteiger partial charge is 1.00 e. The van der Waals surface area contributed by atoms with E-state index in [-0.39, 0.29) is 1.43 Å². The lowest BCUT2D eigenvalue weighted by Crippen LogP contribution is -1.66. The van der Waals surface area contributed by atoms with Gasteiger partial charge in [-0.05, 0) is 5.22 Å². The smallest absolute Gasteiger partial charge is 0.274 e. The van der Waals surface area contributed by atoms with Gasteiger partial charge in [-0.3, -0.25) is 5.84 Å². The van der Waals surface area contributed by atoms with Crippen LogP contribution in [-0.2, 0) is 0 Å². The molecule has 4 nitrogen and oxygen atoms in total. The van der Waals surface area contributed by atoms with Crippen LogP contribution in [0.3, 0.4) is 0 Å². The molecule has 0 amide bonds. The van der Waals surface area contributed by atoms with E-state index in [0.717, 1.165) is 0 Å². The van der Waals surface area contributed by atoms with Gasteiger partial charge in [-0.25, -0.2) is 0 Å². The monoisotopic (exact) mass is 59.0 g/mol. The fourth-order valence-electron chi connectivity index (χ4n) is 0. The van der Waals surface area contributed by atoms with Crippen molar-refractivity contribution in [1.29, 1.82) is 0 Å². The Labute approximate surface area is 24.3 Å². The molecule has 0 saturated carbocycles. The summed E-state index contributed by atoms with van der Waals surface area (Å²) in [5, 5.41) is 2.42. The van der Waals surface area contributed by atoms with E-state index in [2.05, 4.69) is 16.0 Å². The van der Waals surface area contributed by atoms with Gasteiger partial charge in [0.1, 0.15) is 0 Å². The molecule has 0 aliphatic rings. The molecule has 2 N–H and O–H groups in total. The van der Waals surface area contributed by atoms with Crippen LogP contribution in [0.15, 0.2) is 5.22 Å². The van der Waals surface area contributed by atoms with Crippen molar-refractivity contribution in [3.05, 3.63) is 10.4 Å². The Bertz CT molecular complexity index is 41.6. The number of hydrogen-bond donors (Lipinski definition) is 1. The van der Waals surface area contributed by atoms with E-state index >= 15 is 0 Å². The Morgan fingerprint density at radius 3 is 2.50 bits per heavy atom. The van der Waals surface area contributed by atoms with Gasteiger partial charge in [0.2, 0.25) is 0 Å². The second-order valence-electron chi connectivity index (χ2n) is 0.205. The molecule has 0 fully saturated rings. The molecule has 0 unspecified atom stereocenters. The van der Waals surface area contributed by atoms with Crippen LogP contribution in [0.25, 0.3) is 10.4 Å². The van der Waals surface area contributed by atoms with Crippen molar-refractivity contribution in [3.63, 3.8) is 0 Å². The number of nitrogens with zero attached hydrogens (tertiary/aromatic N) is 3. The number of rotatable bonds is 0. The van der Waals surface area contributed by atoms with Crippen LogP contribution in [0, 0.1) is 0 Å². The van der Waals surface area contributed by atoms with Crippen molar-refractivity contribution in [2.24, 2.45) is 11.1 Å². The van der Waals surface area contributed by atoms with Gasteiger partial charge in [-0.1, -0.05) is 0 Å². The molecule has 0 aliphatic carbocycles. The molecule has 0 radical (unpaired) electrons. The number of nitrogens with two attached hydrogens (primary N) is 1. The van der Waals surface area contributed by atoms with Crippen LogP contribution < -0.4 is 5.84 Å². The molecule has 0 spiro atoms. The molecule has 0 atom stereocenters. The second-order valence-corrected chi connectivity index (χ2v) is 0.205. The van der Waals surface area contributed by atoms with Crippen molar-refractivity contribution in [1.82, 2.24) is 0 Å². The SMILES string of the molecule is [H+].[N-]=[N+]=NN. The summed E-state index contributed by atoms with van der Waals surface area (Å²) in [6.07, 6.45) is 0. The van der Waals surface area contributed by atoms with Crippen molar-refractivity contribution in [2.45, 2.75) is 0 Å². The van der Waals surface area contributed by atoms with Gasteiger partial charge in [0.05, 0.1) is 0 Å². The highest BCUT2D eigenvalue weighted by Gasteiger charge is 1.18. The summed E-state index contributed by atoms with van der Waals surface area (Å²) in [6.45, 7) is 0. The zero-order chi connectivity index (χ0) is 3.41. The fourth-order valence-corrected chi connectivity index (χ4v) is 0. The Morgan fingerprint density at radius 1 is 2.25 bits per heavy atom. The summed E-state index contributed by atoms with van der Waals surface area (Å²) >= 11 is 0. The normalized spacial score (nSPS) is 4.00. The zero-order valence-electron chi connectivity index (χ0n) is 2.92. The third-order valence-electron chi connectivity index (χ3n) is 0.0516. The van der Waals surface area contributed by atoms with E-state index in [1.165, 1.54) is 0 Å². The van der Waals surface area contributed by atoms with E-state index in [9.17, 15) is 0 Å². The lowest BCUT2D eigenvalue weighted by molar-refractivity contribution is 1.21. The summed E-state index contributed by atoms with van der Waals surface area (Å²) in [5.41, 5.74) is 7.21. The van der Waals surface area contributed by atoms with Gasteiger partial charge in [0, 0.05) is 0 Å². The average Bonchev–Trinajstić information content (AvgIpc) is 1.37. The van der Waals surface area contributed by atoms with Gasteiger partial charge in [0.15, 0.2) is 0 Å². The second kappa shape index (κ2) is 2.11. The van der Waals surface area contributed by atoms with E-state index < -0.39 is 0 Å². The molecule has 0 aromatic rings. The molecule has 4 heteroatoms. The summed E-state index contributed by atoms with van der Waals surface area (Å²) in [7, 11) is 0. The van der Waals surface area contributed by atoms with Gasteiger partial charge in [-0.2, -0.15) is 4.91 Å². The molecule has 0 heterocycles. The van der Waals surface area contributed by atoms with Gasteiger partial charge in [-0.15, -0.1) is 5.53 Å². The van der Waals surface area contributed by atoms with E-state index in [4.69, 9.17) is 5.53 Å². The fraction of sp³-hybridized carbons (Fsp3) is 0. The first-order valence-electron chi connectivity index (χ1n) is 0.658. The van der Waals surface area contributed by atoms with Crippen LogP contribution in [0.5, 0.6) is 0 Å². The Kier molecular flexibility index (Phi) is 1.64. The molecular formula is H3N4+. The molecule has 0 aliphatic heterocycles. The molecule has 0 aromatic heterocycles.